The molecule has 0 saturated carbocycles. The van der Waals surface area contributed by atoms with Crippen molar-refractivity contribution in [2.24, 2.45) is 11.5 Å². The zero-order valence-electron chi connectivity index (χ0n) is 16.3. The third kappa shape index (κ3) is 4.73. The molecule has 0 saturated heterocycles. The molecule has 0 unspecified atom stereocenters. The molecule has 5 N–H and O–H groups in total. The van der Waals surface area contributed by atoms with E-state index in [0.29, 0.717) is 16.6 Å². The first-order valence-corrected chi connectivity index (χ1v) is 9.42. The fourth-order valence-electron chi connectivity index (χ4n) is 2.89. The van der Waals surface area contributed by atoms with Crippen LogP contribution in [0.1, 0.15) is 31.1 Å². The molecule has 0 aliphatic heterocycles. The van der Waals surface area contributed by atoms with E-state index in [0.717, 1.165) is 0 Å². The Morgan fingerprint density at radius 1 is 0.938 bits per heavy atom. The van der Waals surface area contributed by atoms with E-state index < -0.39 is 17.8 Å². The molecule has 0 bridgehead atoms. The van der Waals surface area contributed by atoms with E-state index in [1.807, 2.05) is 0 Å². The molecule has 162 valence electrons. The van der Waals surface area contributed by atoms with Crippen molar-refractivity contribution in [2.75, 3.05) is 0 Å². The summed E-state index contributed by atoms with van der Waals surface area (Å²) in [6.45, 7) is 0. The number of carbonyl (C=O) groups is 3. The first-order valence-electron chi connectivity index (χ1n) is 9.04. The molecule has 1 heterocycles. The van der Waals surface area contributed by atoms with Crippen molar-refractivity contribution in [3.05, 3.63) is 94.4 Å². The molecule has 0 spiro atoms. The van der Waals surface area contributed by atoms with Crippen LogP contribution in [0.4, 0.5) is 4.39 Å². The number of hydrogen-bond acceptors (Lipinski definition) is 4. The van der Waals surface area contributed by atoms with Crippen LogP contribution < -0.4 is 11.5 Å². The van der Waals surface area contributed by atoms with Crippen LogP contribution in [0, 0.1) is 5.82 Å². The summed E-state index contributed by atoms with van der Waals surface area (Å²) in [6.07, 6.45) is 1.50. The van der Waals surface area contributed by atoms with E-state index in [9.17, 15) is 18.8 Å². The summed E-state index contributed by atoms with van der Waals surface area (Å²) in [5.74, 6) is -2.56. The van der Waals surface area contributed by atoms with Crippen LogP contribution in [0.3, 0.4) is 0 Å². The highest BCUT2D eigenvalue weighted by Crippen LogP contribution is 2.22. The number of aromatic carboxylic acids is 1. The monoisotopic (exact) mass is 454 g/mol. The summed E-state index contributed by atoms with van der Waals surface area (Å²) >= 11 is 5.66. The number of fused-ring (bicyclic) bond motifs is 1. The summed E-state index contributed by atoms with van der Waals surface area (Å²) in [6, 6.07) is 14.9. The summed E-state index contributed by atoms with van der Waals surface area (Å²) in [5, 5.41) is 14.0. The van der Waals surface area contributed by atoms with Crippen molar-refractivity contribution in [1.29, 1.82) is 0 Å². The molecule has 10 heteroatoms. The van der Waals surface area contributed by atoms with E-state index >= 15 is 0 Å². The smallest absolute Gasteiger partial charge is 0.336 e. The number of carboxylic acid groups (broad SMARTS) is 1. The summed E-state index contributed by atoms with van der Waals surface area (Å²) in [5.41, 5.74) is 12.0. The third-order valence-electron chi connectivity index (χ3n) is 4.43. The zero-order valence-corrected chi connectivity index (χ0v) is 17.1. The SMILES string of the molecule is NC(=O)c1ccc(C(N)=O)c(Cl)c1.O=C(O)c1cccc2c1cnn2-c1ccc(F)cc1. The molecule has 0 fully saturated rings. The molecule has 0 radical (unpaired) electrons. The second-order valence-electron chi connectivity index (χ2n) is 6.50. The number of primary amides is 2. The zero-order chi connectivity index (χ0) is 23.4. The molecule has 2 amide bonds. The first-order chi connectivity index (χ1) is 15.2. The molecule has 0 aliphatic carbocycles. The normalized spacial score (nSPS) is 10.3. The van der Waals surface area contributed by atoms with Gasteiger partial charge in [-0.1, -0.05) is 17.7 Å². The highest BCUT2D eigenvalue weighted by atomic mass is 35.5. The maximum absolute atomic E-state index is 12.9. The minimum atomic E-state index is -0.996. The quantitative estimate of drug-likeness (QED) is 0.433. The summed E-state index contributed by atoms with van der Waals surface area (Å²) < 4.78 is 14.5. The Kier molecular flexibility index (Phi) is 6.50. The van der Waals surface area contributed by atoms with Crippen molar-refractivity contribution in [2.45, 2.75) is 0 Å². The Morgan fingerprint density at radius 2 is 1.62 bits per heavy atom. The number of nitrogens with two attached hydrogens (primary N) is 2. The Bertz CT molecular complexity index is 1340. The molecular weight excluding hydrogens is 439 g/mol. The van der Waals surface area contributed by atoms with Gasteiger partial charge in [0.25, 0.3) is 0 Å². The number of halogens is 2. The average molecular weight is 455 g/mol. The van der Waals surface area contributed by atoms with E-state index in [2.05, 4.69) is 5.10 Å². The topological polar surface area (TPSA) is 141 Å². The summed E-state index contributed by atoms with van der Waals surface area (Å²) in [4.78, 5) is 32.5. The van der Waals surface area contributed by atoms with Crippen molar-refractivity contribution >= 4 is 40.3 Å². The number of carbonyl (C=O) groups excluding carboxylic acids is 2. The van der Waals surface area contributed by atoms with Crippen LogP contribution in [0.25, 0.3) is 16.6 Å². The fourth-order valence-corrected chi connectivity index (χ4v) is 3.17. The van der Waals surface area contributed by atoms with Crippen LogP contribution in [0.2, 0.25) is 5.02 Å². The van der Waals surface area contributed by atoms with Crippen LogP contribution in [-0.2, 0) is 0 Å². The van der Waals surface area contributed by atoms with Crippen LogP contribution >= 0.6 is 11.6 Å². The molecule has 8 nitrogen and oxygen atoms in total. The number of hydrogen-bond donors (Lipinski definition) is 3. The number of rotatable bonds is 4. The Hall–Kier alpha value is -4.24. The molecule has 4 rings (SSSR count). The van der Waals surface area contributed by atoms with Crippen LogP contribution in [0.15, 0.2) is 66.9 Å². The van der Waals surface area contributed by atoms with Gasteiger partial charge >= 0.3 is 5.97 Å². The van der Waals surface area contributed by atoms with Gasteiger partial charge in [-0.05, 0) is 54.6 Å². The number of aromatic nitrogens is 2. The third-order valence-corrected chi connectivity index (χ3v) is 4.75. The average Bonchev–Trinajstić information content (AvgIpc) is 3.18. The molecule has 4 aromatic rings. The van der Waals surface area contributed by atoms with Crippen molar-refractivity contribution in [3.8, 4) is 5.69 Å². The Morgan fingerprint density at radius 3 is 2.19 bits per heavy atom. The van der Waals surface area contributed by atoms with E-state index in [4.69, 9.17) is 28.2 Å². The molecule has 1 aromatic heterocycles. The van der Waals surface area contributed by atoms with Gasteiger partial charge in [0.05, 0.1) is 33.6 Å². The summed E-state index contributed by atoms with van der Waals surface area (Å²) in [7, 11) is 0. The molecule has 0 aliphatic rings. The van der Waals surface area contributed by atoms with Crippen molar-refractivity contribution in [1.82, 2.24) is 9.78 Å². The van der Waals surface area contributed by atoms with Gasteiger partial charge in [-0.25, -0.2) is 13.9 Å². The number of benzene rings is 3. The second kappa shape index (κ2) is 9.27. The van der Waals surface area contributed by atoms with Gasteiger partial charge in [-0.3, -0.25) is 9.59 Å². The minimum Gasteiger partial charge on any atom is -0.478 e. The maximum atomic E-state index is 12.9. The largest absolute Gasteiger partial charge is 0.478 e. The van der Waals surface area contributed by atoms with Gasteiger partial charge in [-0.15, -0.1) is 0 Å². The Labute approximate surface area is 185 Å². The van der Waals surface area contributed by atoms with Gasteiger partial charge in [0.1, 0.15) is 5.82 Å². The van der Waals surface area contributed by atoms with Crippen molar-refractivity contribution in [3.63, 3.8) is 0 Å². The molecule has 0 atom stereocenters. The van der Waals surface area contributed by atoms with Crippen molar-refractivity contribution < 1.29 is 23.9 Å². The lowest BCUT2D eigenvalue weighted by molar-refractivity contribution is 0.0698. The number of nitrogens with zero attached hydrogens (tertiary/aromatic N) is 2. The highest BCUT2D eigenvalue weighted by Gasteiger charge is 2.12. The lowest BCUT2D eigenvalue weighted by Gasteiger charge is -2.03. The van der Waals surface area contributed by atoms with E-state index in [1.54, 1.807) is 28.9 Å². The molecular formula is C22H16ClFN4O4. The number of carboxylic acids is 1. The predicted molar refractivity (Wildman–Crippen MR) is 116 cm³/mol. The fraction of sp³-hybridized carbons (Fsp3) is 0. The van der Waals surface area contributed by atoms with Gasteiger partial charge < -0.3 is 16.6 Å². The van der Waals surface area contributed by atoms with E-state index in [1.165, 1.54) is 42.6 Å². The highest BCUT2D eigenvalue weighted by molar-refractivity contribution is 6.34. The molecule has 32 heavy (non-hydrogen) atoms. The minimum absolute atomic E-state index is 0.129. The van der Waals surface area contributed by atoms with Gasteiger partial charge in [0, 0.05) is 10.9 Å². The standard InChI is InChI=1S/C14H9FN2O2.C8H7ClN2O2/c15-9-4-6-10(7-5-9)17-13-3-1-2-11(14(18)19)12(13)8-16-17;9-6-3-4(7(10)12)1-2-5(6)8(11)13/h1-8H,(H,18,19);1-3H,(H2,10,12)(H2,11,13). The van der Waals surface area contributed by atoms with Crippen LogP contribution in [-0.4, -0.2) is 32.7 Å². The van der Waals surface area contributed by atoms with Crippen LogP contribution in [0.5, 0.6) is 0 Å². The van der Waals surface area contributed by atoms with E-state index in [-0.39, 0.29) is 27.5 Å². The second-order valence-corrected chi connectivity index (χ2v) is 6.91. The lowest BCUT2D eigenvalue weighted by Crippen LogP contribution is -2.14. The maximum Gasteiger partial charge on any atom is 0.336 e. The van der Waals surface area contributed by atoms with Gasteiger partial charge in [0.2, 0.25) is 11.8 Å². The lowest BCUT2D eigenvalue weighted by atomic mass is 10.1. The van der Waals surface area contributed by atoms with Gasteiger partial charge in [-0.2, -0.15) is 5.10 Å². The first kappa shape index (κ1) is 22.4. The predicted octanol–water partition coefficient (Wildman–Crippen LogP) is 3.40. The van der Waals surface area contributed by atoms with Gasteiger partial charge in [0.15, 0.2) is 0 Å². The molecule has 3 aromatic carbocycles. The number of amides is 2. The Balaban J connectivity index is 0.000000195.